The molecular formula is C22H22BrN3O3S2. The number of carbonyl (C=O) groups is 1. The van der Waals surface area contributed by atoms with Crippen molar-refractivity contribution in [2.75, 3.05) is 23.1 Å². The third-order valence-electron chi connectivity index (χ3n) is 4.32. The highest BCUT2D eigenvalue weighted by atomic mass is 79.9. The fraction of sp³-hybridized carbons (Fsp3) is 0.182. The summed E-state index contributed by atoms with van der Waals surface area (Å²) < 4.78 is 28.6. The van der Waals surface area contributed by atoms with Crippen LogP contribution in [0.2, 0.25) is 0 Å². The summed E-state index contributed by atoms with van der Waals surface area (Å²) >= 11 is 4.88. The molecule has 3 aromatic rings. The van der Waals surface area contributed by atoms with Crippen molar-refractivity contribution in [3.63, 3.8) is 0 Å². The Morgan fingerprint density at radius 1 is 1.06 bits per heavy atom. The van der Waals surface area contributed by atoms with Gasteiger partial charge in [-0.15, -0.1) is 11.8 Å². The minimum absolute atomic E-state index is 0.138. The fourth-order valence-corrected chi connectivity index (χ4v) is 5.13. The quantitative estimate of drug-likeness (QED) is 0.337. The number of pyridine rings is 1. The second kappa shape index (κ2) is 10.8. The van der Waals surface area contributed by atoms with E-state index in [4.69, 9.17) is 0 Å². The van der Waals surface area contributed by atoms with Crippen LogP contribution in [0.1, 0.15) is 5.56 Å². The minimum atomic E-state index is -3.91. The van der Waals surface area contributed by atoms with Gasteiger partial charge in [0.05, 0.1) is 15.6 Å². The van der Waals surface area contributed by atoms with Gasteiger partial charge in [0.2, 0.25) is 5.91 Å². The predicted octanol–water partition coefficient (Wildman–Crippen LogP) is 4.26. The van der Waals surface area contributed by atoms with Crippen molar-refractivity contribution < 1.29 is 13.2 Å². The summed E-state index contributed by atoms with van der Waals surface area (Å²) in [6, 6.07) is 19.1. The number of hydrogen-bond acceptors (Lipinski definition) is 5. The molecule has 0 aliphatic carbocycles. The van der Waals surface area contributed by atoms with Crippen LogP contribution in [0.5, 0.6) is 0 Å². The van der Waals surface area contributed by atoms with Crippen LogP contribution in [0.4, 0.5) is 5.69 Å². The molecule has 0 fully saturated rings. The standard InChI is InChI=1S/C22H22BrN3O3S2/c1-17-5-11-20(12-6-17)31(28,29)26(19-9-7-18(23)8-10-19)16-21(27)24-14-15-30-22-4-2-3-13-25-22/h2-13H,14-16H2,1H3,(H,24,27). The normalized spacial score (nSPS) is 11.2. The molecule has 0 saturated heterocycles. The molecule has 2 aromatic carbocycles. The third kappa shape index (κ3) is 6.56. The van der Waals surface area contributed by atoms with Crippen molar-refractivity contribution in [2.45, 2.75) is 16.8 Å². The number of halogens is 1. The second-order valence-electron chi connectivity index (χ2n) is 6.67. The first kappa shape index (κ1) is 23.3. The molecule has 3 rings (SSSR count). The molecule has 0 radical (unpaired) electrons. The molecule has 6 nitrogen and oxygen atoms in total. The molecule has 0 saturated carbocycles. The van der Waals surface area contributed by atoms with Crippen LogP contribution in [0.15, 0.2) is 87.3 Å². The van der Waals surface area contributed by atoms with E-state index in [0.29, 0.717) is 18.0 Å². The average Bonchev–Trinajstić information content (AvgIpc) is 2.77. The van der Waals surface area contributed by atoms with Crippen LogP contribution in [0.3, 0.4) is 0 Å². The number of benzene rings is 2. The van der Waals surface area contributed by atoms with Gasteiger partial charge in [0.1, 0.15) is 6.54 Å². The number of nitrogens with zero attached hydrogens (tertiary/aromatic N) is 2. The molecule has 31 heavy (non-hydrogen) atoms. The van der Waals surface area contributed by atoms with E-state index in [-0.39, 0.29) is 17.3 Å². The summed E-state index contributed by atoms with van der Waals surface area (Å²) in [5, 5.41) is 3.66. The van der Waals surface area contributed by atoms with Crippen molar-refractivity contribution in [1.82, 2.24) is 10.3 Å². The topological polar surface area (TPSA) is 79.4 Å². The Morgan fingerprint density at radius 2 is 1.77 bits per heavy atom. The van der Waals surface area contributed by atoms with Crippen molar-refractivity contribution in [3.05, 3.63) is 83.0 Å². The number of nitrogens with one attached hydrogen (secondary N) is 1. The number of aromatic nitrogens is 1. The number of hydrogen-bond donors (Lipinski definition) is 1. The lowest BCUT2D eigenvalue weighted by atomic mass is 10.2. The Bertz CT molecular complexity index is 1110. The van der Waals surface area contributed by atoms with Crippen molar-refractivity contribution in [1.29, 1.82) is 0 Å². The highest BCUT2D eigenvalue weighted by Gasteiger charge is 2.27. The van der Waals surface area contributed by atoms with E-state index in [2.05, 4.69) is 26.2 Å². The zero-order chi connectivity index (χ0) is 22.3. The highest BCUT2D eigenvalue weighted by molar-refractivity contribution is 9.10. The van der Waals surface area contributed by atoms with Gasteiger partial charge in [-0.2, -0.15) is 0 Å². The molecule has 0 atom stereocenters. The number of amides is 1. The van der Waals surface area contributed by atoms with E-state index in [0.717, 1.165) is 19.4 Å². The van der Waals surface area contributed by atoms with Crippen LogP contribution < -0.4 is 9.62 Å². The number of rotatable bonds is 9. The number of sulfonamides is 1. The summed E-state index contributed by atoms with van der Waals surface area (Å²) in [4.78, 5) is 16.9. The monoisotopic (exact) mass is 519 g/mol. The highest BCUT2D eigenvalue weighted by Crippen LogP contribution is 2.25. The van der Waals surface area contributed by atoms with Gasteiger partial charge in [-0.25, -0.2) is 13.4 Å². The molecule has 1 aromatic heterocycles. The van der Waals surface area contributed by atoms with Gasteiger partial charge in [-0.3, -0.25) is 9.10 Å². The summed E-state index contributed by atoms with van der Waals surface area (Å²) in [6.45, 7) is 1.98. The predicted molar refractivity (Wildman–Crippen MR) is 128 cm³/mol. The molecule has 1 N–H and O–H groups in total. The van der Waals surface area contributed by atoms with E-state index in [1.165, 1.54) is 11.8 Å². The number of thioether (sulfide) groups is 1. The minimum Gasteiger partial charge on any atom is -0.354 e. The molecule has 162 valence electrons. The number of aryl methyl sites for hydroxylation is 1. The van der Waals surface area contributed by atoms with Gasteiger partial charge in [-0.1, -0.05) is 39.7 Å². The third-order valence-corrected chi connectivity index (χ3v) is 7.58. The number of carbonyl (C=O) groups excluding carboxylic acids is 1. The average molecular weight is 520 g/mol. The van der Waals surface area contributed by atoms with Crippen molar-refractivity contribution >= 4 is 49.3 Å². The molecule has 0 bridgehead atoms. The van der Waals surface area contributed by atoms with Crippen LogP contribution in [0.25, 0.3) is 0 Å². The first-order valence-electron chi connectivity index (χ1n) is 9.52. The largest absolute Gasteiger partial charge is 0.354 e. The van der Waals surface area contributed by atoms with Gasteiger partial charge >= 0.3 is 0 Å². The summed E-state index contributed by atoms with van der Waals surface area (Å²) in [7, 11) is -3.91. The Kier molecular flexibility index (Phi) is 8.11. The maximum Gasteiger partial charge on any atom is 0.264 e. The maximum atomic E-state index is 13.3. The van der Waals surface area contributed by atoms with Gasteiger partial charge in [0.25, 0.3) is 10.0 Å². The Morgan fingerprint density at radius 3 is 2.42 bits per heavy atom. The van der Waals surface area contributed by atoms with E-state index in [1.807, 2.05) is 25.1 Å². The van der Waals surface area contributed by atoms with Crippen LogP contribution >= 0.6 is 27.7 Å². The van der Waals surface area contributed by atoms with Gasteiger partial charge in [0, 0.05) is 23.0 Å². The Hall–Kier alpha value is -2.36. The van der Waals surface area contributed by atoms with Gasteiger partial charge in [0.15, 0.2) is 0 Å². The lowest BCUT2D eigenvalue weighted by Crippen LogP contribution is -2.41. The zero-order valence-electron chi connectivity index (χ0n) is 16.9. The lowest BCUT2D eigenvalue weighted by Gasteiger charge is -2.24. The van der Waals surface area contributed by atoms with Crippen LogP contribution in [0, 0.1) is 6.92 Å². The zero-order valence-corrected chi connectivity index (χ0v) is 20.1. The Labute approximate surface area is 195 Å². The molecule has 9 heteroatoms. The Balaban J connectivity index is 1.71. The van der Waals surface area contributed by atoms with Gasteiger partial charge < -0.3 is 5.32 Å². The molecule has 1 heterocycles. The fourth-order valence-electron chi connectivity index (χ4n) is 2.72. The summed E-state index contributed by atoms with van der Waals surface area (Å²) in [5.74, 6) is 0.256. The van der Waals surface area contributed by atoms with E-state index < -0.39 is 10.0 Å². The molecule has 0 aliphatic rings. The molecule has 0 spiro atoms. The molecule has 0 unspecified atom stereocenters. The first-order chi connectivity index (χ1) is 14.9. The SMILES string of the molecule is Cc1ccc(S(=O)(=O)N(CC(=O)NCCSc2ccccn2)c2ccc(Br)cc2)cc1. The summed E-state index contributed by atoms with van der Waals surface area (Å²) in [5.41, 5.74) is 1.37. The van der Waals surface area contributed by atoms with Gasteiger partial charge in [-0.05, 0) is 55.5 Å². The van der Waals surface area contributed by atoms with E-state index >= 15 is 0 Å². The van der Waals surface area contributed by atoms with E-state index in [9.17, 15) is 13.2 Å². The molecule has 0 aliphatic heterocycles. The molecular weight excluding hydrogens is 498 g/mol. The smallest absolute Gasteiger partial charge is 0.264 e. The number of anilines is 1. The second-order valence-corrected chi connectivity index (χ2v) is 10.6. The van der Waals surface area contributed by atoms with Crippen molar-refractivity contribution in [2.24, 2.45) is 0 Å². The van der Waals surface area contributed by atoms with E-state index in [1.54, 1.807) is 54.7 Å². The van der Waals surface area contributed by atoms with Crippen LogP contribution in [-0.4, -0.2) is 38.2 Å². The first-order valence-corrected chi connectivity index (χ1v) is 12.7. The maximum absolute atomic E-state index is 13.3. The molecule has 1 amide bonds. The lowest BCUT2D eigenvalue weighted by molar-refractivity contribution is -0.119. The van der Waals surface area contributed by atoms with Crippen molar-refractivity contribution in [3.8, 4) is 0 Å². The van der Waals surface area contributed by atoms with Crippen LogP contribution in [-0.2, 0) is 14.8 Å². The summed E-state index contributed by atoms with van der Waals surface area (Å²) in [6.07, 6.45) is 1.72.